The Morgan fingerprint density at radius 3 is 1.74 bits per heavy atom. The van der Waals surface area contributed by atoms with Crippen LogP contribution in [0.3, 0.4) is 0 Å². The average molecular weight is 695 g/mol. The molecule has 6 N–H and O–H groups in total. The zero-order valence-corrected chi connectivity index (χ0v) is 30.7. The predicted octanol–water partition coefficient (Wildman–Crippen LogP) is 7.00. The zero-order valence-electron chi connectivity index (χ0n) is 30.7. The van der Waals surface area contributed by atoms with Gasteiger partial charge in [-0.1, -0.05) is 84.0 Å². The first-order chi connectivity index (χ1) is 25.4. The van der Waals surface area contributed by atoms with E-state index < -0.39 is 0 Å². The van der Waals surface area contributed by atoms with E-state index in [9.17, 15) is 0 Å². The van der Waals surface area contributed by atoms with Crippen LogP contribution >= 0.6 is 0 Å². The monoisotopic (exact) mass is 694 g/mol. The summed E-state index contributed by atoms with van der Waals surface area (Å²) in [7, 11) is 0. The van der Waals surface area contributed by atoms with Crippen LogP contribution in [0.4, 0.5) is 11.5 Å². The summed E-state index contributed by atoms with van der Waals surface area (Å²) in [5, 5.41) is 10.9. The number of aliphatic imine (C=N–C) groups is 2. The number of nitrogens with two attached hydrogens (primary N) is 2. The van der Waals surface area contributed by atoms with Gasteiger partial charge in [0.05, 0.1) is 41.6 Å². The smallest absolute Gasteiger partial charge is 0.139 e. The quantitative estimate of drug-likeness (QED) is 0.145. The molecule has 8 rings (SSSR count). The van der Waals surface area contributed by atoms with Crippen LogP contribution in [-0.4, -0.2) is 45.8 Å². The van der Waals surface area contributed by atoms with Crippen molar-refractivity contribution >= 4 is 44.7 Å². The number of hydrogen-bond acceptors (Lipinski definition) is 8. The van der Waals surface area contributed by atoms with E-state index in [4.69, 9.17) is 11.5 Å². The van der Waals surface area contributed by atoms with Gasteiger partial charge in [0.2, 0.25) is 0 Å². The van der Waals surface area contributed by atoms with Crippen molar-refractivity contribution < 1.29 is 0 Å². The largest absolute Gasteiger partial charge is 0.397 e. The third-order valence-corrected chi connectivity index (χ3v) is 9.06. The molecule has 0 radical (unpaired) electrons. The second-order valence-electron chi connectivity index (χ2n) is 14.7. The first-order valence-electron chi connectivity index (χ1n) is 17.6. The number of nitrogen functional groups attached to an aromatic ring is 2. The fourth-order valence-corrected chi connectivity index (χ4v) is 6.15. The van der Waals surface area contributed by atoms with Gasteiger partial charge in [0, 0.05) is 50.0 Å². The minimum absolute atomic E-state index is 0.0187. The van der Waals surface area contributed by atoms with Crippen molar-refractivity contribution in [2.45, 2.75) is 45.7 Å². The van der Waals surface area contributed by atoms with Crippen LogP contribution in [0.15, 0.2) is 113 Å². The summed E-state index contributed by atoms with van der Waals surface area (Å²) in [6.45, 7) is 12.2. The standard InChI is InChI=1S/C23H22N4.C22H20N4/c1-15-4-8-18-13-25-21(24)19(20(18)12-15)11-7-16-5-9-17(10-6-16)22-26-14-23(2,3)27-22;1-22(2)14-25-21(26-22)16-10-7-15(8-11-16)9-12-20-18-6-4-3-5-17(18)19(23)13-24-20/h4-6,8-10,12-13H,14H2,1-3H3,(H2,24,25)(H,26,27);3-8,10-11,13H,14,23H2,1-2H3,(H,25,26). The number of amidine groups is 2. The Morgan fingerprint density at radius 1 is 0.604 bits per heavy atom. The van der Waals surface area contributed by atoms with Crippen LogP contribution in [0, 0.1) is 30.6 Å². The Balaban J connectivity index is 0.000000164. The Kier molecular flexibility index (Phi) is 9.30. The van der Waals surface area contributed by atoms with Gasteiger partial charge in [0.15, 0.2) is 0 Å². The summed E-state index contributed by atoms with van der Waals surface area (Å²) in [5.74, 6) is 15.1. The van der Waals surface area contributed by atoms with Crippen LogP contribution in [0.1, 0.15) is 66.8 Å². The number of aryl methyl sites for hydroxylation is 1. The highest BCUT2D eigenvalue weighted by Crippen LogP contribution is 2.24. The minimum Gasteiger partial charge on any atom is -0.397 e. The number of nitrogens with zero attached hydrogens (tertiary/aromatic N) is 4. The van der Waals surface area contributed by atoms with E-state index in [-0.39, 0.29) is 11.1 Å². The maximum absolute atomic E-state index is 6.10. The van der Waals surface area contributed by atoms with Gasteiger partial charge in [-0.25, -0.2) is 9.97 Å². The molecule has 4 aromatic carbocycles. The van der Waals surface area contributed by atoms with E-state index in [1.54, 1.807) is 12.4 Å². The van der Waals surface area contributed by atoms with Gasteiger partial charge in [-0.2, -0.15) is 0 Å². The molecule has 4 heterocycles. The molecule has 2 aliphatic rings. The molecule has 0 amide bonds. The molecule has 0 unspecified atom stereocenters. The highest BCUT2D eigenvalue weighted by Gasteiger charge is 2.26. The Morgan fingerprint density at radius 2 is 1.17 bits per heavy atom. The SMILES string of the molecule is CC1(C)CN=C(c2ccc(C#Cc3ncc(N)c4ccccc34)cc2)N1.Cc1ccc2cnc(N)c(C#Cc3ccc(C4=NCC(C)(C)N4)cc3)c2c1. The molecule has 262 valence electrons. The molecule has 0 fully saturated rings. The van der Waals surface area contributed by atoms with Gasteiger partial charge in [-0.15, -0.1) is 0 Å². The zero-order chi connectivity index (χ0) is 37.2. The van der Waals surface area contributed by atoms with Crippen molar-refractivity contribution in [2.75, 3.05) is 24.6 Å². The number of aromatic nitrogens is 2. The van der Waals surface area contributed by atoms with Crippen molar-refractivity contribution in [3.05, 3.63) is 142 Å². The molecule has 0 aliphatic carbocycles. The lowest BCUT2D eigenvalue weighted by molar-refractivity contribution is 0.506. The van der Waals surface area contributed by atoms with E-state index in [2.05, 4.69) is 101 Å². The second kappa shape index (κ2) is 14.2. The van der Waals surface area contributed by atoms with Gasteiger partial charge >= 0.3 is 0 Å². The Labute approximate surface area is 310 Å². The number of fused-ring (bicyclic) bond motifs is 2. The van der Waals surface area contributed by atoms with Crippen molar-refractivity contribution in [1.82, 2.24) is 20.6 Å². The van der Waals surface area contributed by atoms with Crippen molar-refractivity contribution in [2.24, 2.45) is 9.98 Å². The predicted molar refractivity (Wildman–Crippen MR) is 219 cm³/mol. The average Bonchev–Trinajstić information content (AvgIpc) is 3.72. The number of rotatable bonds is 2. The van der Waals surface area contributed by atoms with Gasteiger partial charge in [-0.05, 0) is 70.9 Å². The molecule has 0 saturated carbocycles. The van der Waals surface area contributed by atoms with Crippen LogP contribution in [-0.2, 0) is 0 Å². The summed E-state index contributed by atoms with van der Waals surface area (Å²) in [6.07, 6.45) is 3.46. The van der Waals surface area contributed by atoms with E-state index in [0.717, 1.165) is 79.8 Å². The molecule has 0 saturated heterocycles. The highest BCUT2D eigenvalue weighted by molar-refractivity contribution is 6.01. The maximum atomic E-state index is 6.10. The lowest BCUT2D eigenvalue weighted by atomic mass is 10.0. The Hall–Kier alpha value is -6.64. The summed E-state index contributed by atoms with van der Waals surface area (Å²) in [5.41, 5.74) is 19.5. The fraction of sp³-hybridized carbons (Fsp3) is 0.200. The van der Waals surface area contributed by atoms with Crippen molar-refractivity contribution in [3.8, 4) is 23.7 Å². The fourth-order valence-electron chi connectivity index (χ4n) is 6.15. The number of anilines is 2. The maximum Gasteiger partial charge on any atom is 0.139 e. The minimum atomic E-state index is 0.0187. The lowest BCUT2D eigenvalue weighted by Gasteiger charge is -2.18. The third kappa shape index (κ3) is 7.98. The Bertz CT molecular complexity index is 2530. The number of hydrogen-bond donors (Lipinski definition) is 4. The molecular formula is C45H42N8. The van der Waals surface area contributed by atoms with E-state index in [0.29, 0.717) is 11.5 Å². The molecule has 8 heteroatoms. The summed E-state index contributed by atoms with van der Waals surface area (Å²) in [6, 6.07) is 30.4. The van der Waals surface area contributed by atoms with Crippen LogP contribution < -0.4 is 22.1 Å². The van der Waals surface area contributed by atoms with E-state index >= 15 is 0 Å². The topological polar surface area (TPSA) is 127 Å². The first kappa shape index (κ1) is 34.8. The number of pyridine rings is 2. The number of benzene rings is 4. The molecule has 0 bridgehead atoms. The van der Waals surface area contributed by atoms with Gasteiger partial charge in [0.1, 0.15) is 23.2 Å². The molecule has 0 atom stereocenters. The normalized spacial score (nSPS) is 15.0. The molecular weight excluding hydrogens is 653 g/mol. The molecule has 2 aromatic heterocycles. The van der Waals surface area contributed by atoms with Gasteiger partial charge in [-0.3, -0.25) is 9.98 Å². The van der Waals surface area contributed by atoms with Crippen LogP contribution in [0.2, 0.25) is 0 Å². The third-order valence-electron chi connectivity index (χ3n) is 9.06. The van der Waals surface area contributed by atoms with Gasteiger partial charge < -0.3 is 22.1 Å². The lowest BCUT2D eigenvalue weighted by Crippen LogP contribution is -2.39. The van der Waals surface area contributed by atoms with Crippen LogP contribution in [0.25, 0.3) is 21.5 Å². The summed E-state index contributed by atoms with van der Waals surface area (Å²) >= 11 is 0. The molecule has 0 spiro atoms. The van der Waals surface area contributed by atoms with Crippen molar-refractivity contribution in [3.63, 3.8) is 0 Å². The summed E-state index contributed by atoms with van der Waals surface area (Å²) in [4.78, 5) is 17.8. The van der Waals surface area contributed by atoms with Crippen LogP contribution in [0.5, 0.6) is 0 Å². The van der Waals surface area contributed by atoms with Crippen molar-refractivity contribution in [1.29, 1.82) is 0 Å². The molecule has 53 heavy (non-hydrogen) atoms. The second-order valence-corrected chi connectivity index (χ2v) is 14.7. The van der Waals surface area contributed by atoms with Gasteiger partial charge in [0.25, 0.3) is 0 Å². The molecule has 2 aliphatic heterocycles. The molecule has 6 aromatic rings. The molecule has 8 nitrogen and oxygen atoms in total. The number of nitrogens with one attached hydrogen (secondary N) is 2. The summed E-state index contributed by atoms with van der Waals surface area (Å²) < 4.78 is 0. The first-order valence-corrected chi connectivity index (χ1v) is 17.6. The van der Waals surface area contributed by atoms with E-state index in [1.807, 2.05) is 78.9 Å². The van der Waals surface area contributed by atoms with E-state index in [1.165, 1.54) is 5.56 Å². The highest BCUT2D eigenvalue weighted by atomic mass is 15.1.